The standard InChI is InChI=1S/C9H15N2O2.ClH/c1-7-6-8(2)11(4-5-12)9(13)10(7)3;/h6,12H,4-5H2,1-3H3;1H/q+1;/p-1. The molecular formula is C9H15ClN2O2. The Hall–Kier alpha value is -0.870. The van der Waals surface area contributed by atoms with Gasteiger partial charge in [-0.15, -0.1) is 0 Å². The molecule has 0 saturated heterocycles. The van der Waals surface area contributed by atoms with Crippen LogP contribution in [0.1, 0.15) is 11.4 Å². The number of nitrogens with zero attached hydrogens (tertiary/aromatic N) is 2. The van der Waals surface area contributed by atoms with E-state index in [1.807, 2.05) is 19.9 Å². The summed E-state index contributed by atoms with van der Waals surface area (Å²) < 4.78 is 3.13. The minimum absolute atomic E-state index is 0. The SMILES string of the molecule is Cc1cc(C)[n+](C)c(=O)n1CCO.[Cl-]. The Morgan fingerprint density at radius 2 is 2.07 bits per heavy atom. The number of rotatable bonds is 2. The summed E-state index contributed by atoms with van der Waals surface area (Å²) in [5.74, 6) is 0. The third-order valence-corrected chi connectivity index (χ3v) is 2.21. The van der Waals surface area contributed by atoms with Gasteiger partial charge in [0.2, 0.25) is 0 Å². The number of aliphatic hydroxyl groups excluding tert-OH is 1. The van der Waals surface area contributed by atoms with Crippen molar-refractivity contribution in [3.8, 4) is 0 Å². The molecule has 14 heavy (non-hydrogen) atoms. The summed E-state index contributed by atoms with van der Waals surface area (Å²) in [5, 5.41) is 8.76. The van der Waals surface area contributed by atoms with E-state index < -0.39 is 0 Å². The van der Waals surface area contributed by atoms with E-state index in [9.17, 15) is 4.79 Å². The van der Waals surface area contributed by atoms with Gasteiger partial charge in [-0.2, -0.15) is 13.9 Å². The van der Waals surface area contributed by atoms with E-state index in [1.54, 1.807) is 16.2 Å². The minimum atomic E-state index is -0.0773. The summed E-state index contributed by atoms with van der Waals surface area (Å²) in [6, 6.07) is 1.93. The van der Waals surface area contributed by atoms with E-state index in [2.05, 4.69) is 0 Å². The van der Waals surface area contributed by atoms with Crippen molar-refractivity contribution < 1.29 is 22.1 Å². The normalized spacial score (nSPS) is 9.71. The molecule has 0 unspecified atom stereocenters. The quantitative estimate of drug-likeness (QED) is 0.520. The summed E-state index contributed by atoms with van der Waals surface area (Å²) in [6.07, 6.45) is 0. The Balaban J connectivity index is 0.00000169. The molecule has 0 saturated carbocycles. The van der Waals surface area contributed by atoms with E-state index in [0.29, 0.717) is 6.54 Å². The monoisotopic (exact) mass is 218 g/mol. The summed E-state index contributed by atoms with van der Waals surface area (Å²) in [6.45, 7) is 4.10. The maximum atomic E-state index is 11.6. The van der Waals surface area contributed by atoms with Gasteiger partial charge < -0.3 is 17.5 Å². The highest BCUT2D eigenvalue weighted by atomic mass is 35.5. The number of hydrogen-bond acceptors (Lipinski definition) is 2. The fraction of sp³-hybridized carbons (Fsp3) is 0.556. The fourth-order valence-corrected chi connectivity index (χ4v) is 1.33. The maximum absolute atomic E-state index is 11.6. The van der Waals surface area contributed by atoms with E-state index in [-0.39, 0.29) is 24.7 Å². The van der Waals surface area contributed by atoms with Crippen LogP contribution in [0, 0.1) is 13.8 Å². The van der Waals surface area contributed by atoms with Gasteiger partial charge >= 0.3 is 5.69 Å². The number of halogens is 1. The lowest BCUT2D eigenvalue weighted by Gasteiger charge is -2.03. The molecule has 1 rings (SSSR count). The van der Waals surface area contributed by atoms with Crippen LogP contribution < -0.4 is 22.7 Å². The summed E-state index contributed by atoms with van der Waals surface area (Å²) in [7, 11) is 1.73. The van der Waals surface area contributed by atoms with Gasteiger partial charge in [0.1, 0.15) is 17.9 Å². The molecule has 1 heterocycles. The van der Waals surface area contributed by atoms with Gasteiger partial charge in [0.25, 0.3) is 0 Å². The highest BCUT2D eigenvalue weighted by Crippen LogP contribution is 1.94. The number of aryl methyl sites for hydroxylation is 2. The lowest BCUT2D eigenvalue weighted by molar-refractivity contribution is -0.697. The van der Waals surface area contributed by atoms with Crippen LogP contribution >= 0.6 is 0 Å². The van der Waals surface area contributed by atoms with Gasteiger partial charge in [-0.1, -0.05) is 0 Å². The van der Waals surface area contributed by atoms with Crippen LogP contribution in [-0.4, -0.2) is 16.3 Å². The highest BCUT2D eigenvalue weighted by Gasteiger charge is 2.12. The average Bonchev–Trinajstić information content (AvgIpc) is 2.09. The van der Waals surface area contributed by atoms with Crippen molar-refractivity contribution in [3.05, 3.63) is 27.9 Å². The second kappa shape index (κ2) is 5.12. The molecular weight excluding hydrogens is 204 g/mol. The first-order valence-electron chi connectivity index (χ1n) is 4.26. The zero-order valence-corrected chi connectivity index (χ0v) is 9.38. The Morgan fingerprint density at radius 1 is 1.50 bits per heavy atom. The molecule has 1 aromatic rings. The molecule has 1 aromatic heterocycles. The maximum Gasteiger partial charge on any atom is 0.498 e. The molecule has 0 bridgehead atoms. The van der Waals surface area contributed by atoms with Crippen molar-refractivity contribution in [2.24, 2.45) is 7.05 Å². The van der Waals surface area contributed by atoms with Crippen molar-refractivity contribution in [2.75, 3.05) is 6.61 Å². The largest absolute Gasteiger partial charge is 1.00 e. The summed E-state index contributed by atoms with van der Waals surface area (Å²) in [5.41, 5.74) is 1.73. The summed E-state index contributed by atoms with van der Waals surface area (Å²) in [4.78, 5) is 11.6. The molecule has 0 radical (unpaired) electrons. The van der Waals surface area contributed by atoms with E-state index in [1.165, 1.54) is 0 Å². The van der Waals surface area contributed by atoms with Crippen LogP contribution in [0.3, 0.4) is 0 Å². The second-order valence-electron chi connectivity index (χ2n) is 3.14. The third kappa shape index (κ3) is 2.33. The number of aromatic nitrogens is 2. The first kappa shape index (κ1) is 13.1. The van der Waals surface area contributed by atoms with Crippen molar-refractivity contribution in [3.63, 3.8) is 0 Å². The molecule has 80 valence electrons. The number of aliphatic hydroxyl groups is 1. The first-order chi connectivity index (χ1) is 6.07. The molecule has 0 aliphatic rings. The molecule has 0 aromatic carbocycles. The van der Waals surface area contributed by atoms with Gasteiger partial charge in [-0.25, -0.2) is 0 Å². The van der Waals surface area contributed by atoms with Gasteiger partial charge in [0.05, 0.1) is 13.7 Å². The minimum Gasteiger partial charge on any atom is -1.00 e. The van der Waals surface area contributed by atoms with Crippen molar-refractivity contribution in [1.82, 2.24) is 4.57 Å². The lowest BCUT2D eigenvalue weighted by atomic mass is 10.3. The highest BCUT2D eigenvalue weighted by molar-refractivity contribution is 5.02. The van der Waals surface area contributed by atoms with Gasteiger partial charge in [-0.3, -0.25) is 0 Å². The smallest absolute Gasteiger partial charge is 0.498 e. The molecule has 0 aliphatic heterocycles. The van der Waals surface area contributed by atoms with E-state index >= 15 is 0 Å². The molecule has 0 fully saturated rings. The Kier molecular flexibility index (Phi) is 4.80. The van der Waals surface area contributed by atoms with E-state index in [4.69, 9.17) is 5.11 Å². The predicted molar refractivity (Wildman–Crippen MR) is 48.4 cm³/mol. The summed E-state index contributed by atoms with van der Waals surface area (Å²) >= 11 is 0. The Labute approximate surface area is 89.2 Å². The fourth-order valence-electron chi connectivity index (χ4n) is 1.33. The lowest BCUT2D eigenvalue weighted by Crippen LogP contribution is -3.00. The number of hydrogen-bond donors (Lipinski definition) is 1. The molecule has 0 atom stereocenters. The van der Waals surface area contributed by atoms with Crippen molar-refractivity contribution in [2.45, 2.75) is 20.4 Å². The Morgan fingerprint density at radius 3 is 2.57 bits per heavy atom. The van der Waals surface area contributed by atoms with Gasteiger partial charge in [0, 0.05) is 6.07 Å². The molecule has 4 nitrogen and oxygen atoms in total. The van der Waals surface area contributed by atoms with Crippen LogP contribution in [0.2, 0.25) is 0 Å². The zero-order chi connectivity index (χ0) is 10.0. The van der Waals surface area contributed by atoms with Gasteiger partial charge in [0.15, 0.2) is 0 Å². The molecule has 0 amide bonds. The van der Waals surface area contributed by atoms with Crippen molar-refractivity contribution in [1.29, 1.82) is 0 Å². The van der Waals surface area contributed by atoms with Crippen LogP contribution in [0.15, 0.2) is 10.9 Å². The first-order valence-corrected chi connectivity index (χ1v) is 4.26. The molecule has 0 aliphatic carbocycles. The predicted octanol–water partition coefficient (Wildman–Crippen LogP) is -3.71. The van der Waals surface area contributed by atoms with Crippen LogP contribution in [-0.2, 0) is 13.6 Å². The molecule has 1 N–H and O–H groups in total. The molecule has 0 spiro atoms. The second-order valence-corrected chi connectivity index (χ2v) is 3.14. The Bertz CT molecular complexity index is 374. The zero-order valence-electron chi connectivity index (χ0n) is 8.62. The average molecular weight is 219 g/mol. The van der Waals surface area contributed by atoms with Crippen LogP contribution in [0.5, 0.6) is 0 Å². The third-order valence-electron chi connectivity index (χ3n) is 2.21. The van der Waals surface area contributed by atoms with Crippen LogP contribution in [0.25, 0.3) is 0 Å². The van der Waals surface area contributed by atoms with E-state index in [0.717, 1.165) is 11.4 Å². The molecule has 5 heteroatoms. The van der Waals surface area contributed by atoms with Gasteiger partial charge in [-0.05, 0) is 13.8 Å². The van der Waals surface area contributed by atoms with Crippen molar-refractivity contribution >= 4 is 0 Å². The van der Waals surface area contributed by atoms with Crippen LogP contribution in [0.4, 0.5) is 0 Å². The topological polar surface area (TPSA) is 46.1 Å².